The van der Waals surface area contributed by atoms with Crippen LogP contribution in [0, 0.1) is 5.82 Å². The molecule has 3 aromatic carbocycles. The number of fused-ring (bicyclic) bond motifs is 5. The van der Waals surface area contributed by atoms with Gasteiger partial charge in [-0.1, -0.05) is 60.3 Å². The van der Waals surface area contributed by atoms with E-state index >= 15 is 0 Å². The molecule has 0 saturated carbocycles. The first kappa shape index (κ1) is 20.7. The van der Waals surface area contributed by atoms with Crippen LogP contribution in [0.4, 0.5) is 10.1 Å². The molecular formula is C27H18FNO4S. The molecule has 0 radical (unpaired) electrons. The zero-order valence-corrected chi connectivity index (χ0v) is 18.6. The van der Waals surface area contributed by atoms with Crippen molar-refractivity contribution < 1.29 is 18.7 Å². The predicted molar refractivity (Wildman–Crippen MR) is 126 cm³/mol. The molecule has 5 nitrogen and oxygen atoms in total. The molecule has 0 saturated heterocycles. The van der Waals surface area contributed by atoms with Crippen molar-refractivity contribution in [3.8, 4) is 5.75 Å². The Morgan fingerprint density at radius 2 is 1.74 bits per heavy atom. The number of para-hydroxylation sites is 1. The monoisotopic (exact) mass is 471 g/mol. The van der Waals surface area contributed by atoms with Gasteiger partial charge < -0.3 is 9.52 Å². The summed E-state index contributed by atoms with van der Waals surface area (Å²) in [4.78, 5) is 28.8. The number of halogens is 1. The normalized spacial score (nSPS) is 18.4. The number of aromatic hydroxyl groups is 1. The van der Waals surface area contributed by atoms with Gasteiger partial charge in [-0.2, -0.15) is 0 Å². The Balaban J connectivity index is 1.55. The Kier molecular flexibility index (Phi) is 4.81. The van der Waals surface area contributed by atoms with Crippen LogP contribution >= 0.6 is 11.8 Å². The number of carbonyl (C=O) groups excluding carboxylic acids is 1. The molecule has 6 rings (SSSR count). The summed E-state index contributed by atoms with van der Waals surface area (Å²) in [5, 5.41) is 11.2. The van der Waals surface area contributed by atoms with Crippen molar-refractivity contribution in [1.29, 1.82) is 0 Å². The summed E-state index contributed by atoms with van der Waals surface area (Å²) in [6, 6.07) is 22.4. The third-order valence-electron chi connectivity index (χ3n) is 6.38. The van der Waals surface area contributed by atoms with Crippen LogP contribution < -0.4 is 10.5 Å². The third kappa shape index (κ3) is 3.15. The highest BCUT2D eigenvalue weighted by molar-refractivity contribution is 7.99. The van der Waals surface area contributed by atoms with Gasteiger partial charge in [-0.15, -0.1) is 0 Å². The molecule has 0 fully saturated rings. The number of hydrogen-bond donors (Lipinski definition) is 1. The highest BCUT2D eigenvalue weighted by atomic mass is 32.2. The summed E-state index contributed by atoms with van der Waals surface area (Å²) in [6.07, 6.45) is 0.573. The number of benzene rings is 3. The largest absolute Gasteiger partial charge is 0.506 e. The van der Waals surface area contributed by atoms with Crippen LogP contribution in [0.3, 0.4) is 0 Å². The highest BCUT2D eigenvalue weighted by Gasteiger charge is 2.49. The number of rotatable bonds is 3. The third-order valence-corrected chi connectivity index (χ3v) is 7.43. The Morgan fingerprint density at radius 1 is 0.971 bits per heavy atom. The van der Waals surface area contributed by atoms with E-state index in [1.807, 2.05) is 54.6 Å². The minimum absolute atomic E-state index is 0.0172. The number of hydrogen-bond acceptors (Lipinski definition) is 5. The molecule has 34 heavy (non-hydrogen) atoms. The summed E-state index contributed by atoms with van der Waals surface area (Å²) in [5.74, 6) is -1.46. The molecule has 1 aliphatic heterocycles. The molecule has 168 valence electrons. The van der Waals surface area contributed by atoms with Gasteiger partial charge in [0, 0.05) is 16.5 Å². The SMILES string of the molecule is O=C1c2c(oc(=O)c(Sc3cccc(F)c3)c2O)C2Cc3ccccc3C2N1c1ccccc1. The average molecular weight is 472 g/mol. The van der Waals surface area contributed by atoms with Crippen LogP contribution in [0.25, 0.3) is 0 Å². The first-order valence-electron chi connectivity index (χ1n) is 10.8. The van der Waals surface area contributed by atoms with Crippen LogP contribution in [0.5, 0.6) is 5.75 Å². The standard InChI is InChI=1S/C27H18FNO4S/c28-16-8-6-11-18(14-16)34-25-23(30)21-24(33-27(25)32)20-13-15-7-4-5-12-19(15)22(20)29(26(21)31)17-9-2-1-3-10-17/h1-12,14,20,22,30H,13H2. The van der Waals surface area contributed by atoms with Crippen molar-refractivity contribution in [2.24, 2.45) is 0 Å². The van der Waals surface area contributed by atoms with Gasteiger partial charge >= 0.3 is 5.63 Å². The lowest BCUT2D eigenvalue weighted by Gasteiger charge is -2.38. The van der Waals surface area contributed by atoms with Crippen molar-refractivity contribution in [1.82, 2.24) is 0 Å². The second-order valence-corrected chi connectivity index (χ2v) is 9.41. The smallest absolute Gasteiger partial charge is 0.353 e. The summed E-state index contributed by atoms with van der Waals surface area (Å²) in [5.41, 5.74) is 1.99. The van der Waals surface area contributed by atoms with Crippen molar-refractivity contribution >= 4 is 23.4 Å². The fraction of sp³-hybridized carbons (Fsp3) is 0.111. The van der Waals surface area contributed by atoms with Gasteiger partial charge in [-0.25, -0.2) is 9.18 Å². The van der Waals surface area contributed by atoms with E-state index in [2.05, 4.69) is 0 Å². The van der Waals surface area contributed by atoms with Gasteiger partial charge in [0.05, 0.1) is 6.04 Å². The van der Waals surface area contributed by atoms with Crippen molar-refractivity contribution in [2.45, 2.75) is 28.2 Å². The maximum atomic E-state index is 13.9. The molecule has 2 unspecified atom stereocenters. The van der Waals surface area contributed by atoms with Crippen LogP contribution in [0.2, 0.25) is 0 Å². The van der Waals surface area contributed by atoms with E-state index in [1.165, 1.54) is 18.2 Å². The second kappa shape index (κ2) is 7.88. The van der Waals surface area contributed by atoms with Crippen molar-refractivity contribution in [3.05, 3.63) is 118 Å². The van der Waals surface area contributed by atoms with E-state index in [4.69, 9.17) is 4.42 Å². The van der Waals surface area contributed by atoms with Crippen molar-refractivity contribution in [3.63, 3.8) is 0 Å². The van der Waals surface area contributed by atoms with Crippen LogP contribution in [0.15, 0.2) is 97.9 Å². The van der Waals surface area contributed by atoms with Gasteiger partial charge in [-0.05, 0) is 47.9 Å². The molecule has 0 bridgehead atoms. The van der Waals surface area contributed by atoms with Gasteiger partial charge in [-0.3, -0.25) is 9.69 Å². The molecule has 0 spiro atoms. The average Bonchev–Trinajstić information content (AvgIpc) is 3.22. The lowest BCUT2D eigenvalue weighted by Crippen LogP contribution is -2.42. The Bertz CT molecular complexity index is 1500. The van der Waals surface area contributed by atoms with Gasteiger partial charge in [0.1, 0.15) is 22.0 Å². The first-order chi connectivity index (χ1) is 16.5. The van der Waals surface area contributed by atoms with Crippen molar-refractivity contribution in [2.75, 3.05) is 4.90 Å². The zero-order valence-electron chi connectivity index (χ0n) is 17.8. The minimum Gasteiger partial charge on any atom is -0.506 e. The Labute approximate surface area is 198 Å². The zero-order chi connectivity index (χ0) is 23.4. The molecule has 7 heteroatoms. The molecule has 1 aromatic heterocycles. The van der Waals surface area contributed by atoms with E-state index in [1.54, 1.807) is 11.0 Å². The van der Waals surface area contributed by atoms with E-state index in [9.17, 15) is 19.1 Å². The van der Waals surface area contributed by atoms with Crippen LogP contribution in [-0.2, 0) is 6.42 Å². The Morgan fingerprint density at radius 3 is 2.53 bits per heavy atom. The van der Waals surface area contributed by atoms with E-state index < -0.39 is 23.1 Å². The summed E-state index contributed by atoms with van der Waals surface area (Å²) < 4.78 is 19.4. The van der Waals surface area contributed by atoms with Gasteiger partial charge in [0.15, 0.2) is 5.75 Å². The lowest BCUT2D eigenvalue weighted by atomic mass is 9.87. The number of amides is 1. The second-order valence-electron chi connectivity index (χ2n) is 8.33. The van der Waals surface area contributed by atoms with E-state index in [-0.39, 0.29) is 28.2 Å². The van der Waals surface area contributed by atoms with Gasteiger partial charge in [0.25, 0.3) is 5.91 Å². The first-order valence-corrected chi connectivity index (χ1v) is 11.6. The maximum absolute atomic E-state index is 13.9. The number of carbonyl (C=O) groups is 1. The fourth-order valence-electron chi connectivity index (χ4n) is 4.97. The number of anilines is 1. The number of nitrogens with zero attached hydrogens (tertiary/aromatic N) is 1. The molecule has 2 aliphatic rings. The quantitative estimate of drug-likeness (QED) is 0.417. The molecule has 2 atom stereocenters. The summed E-state index contributed by atoms with van der Waals surface area (Å²) >= 11 is 0.873. The minimum atomic E-state index is -0.749. The summed E-state index contributed by atoms with van der Waals surface area (Å²) in [6.45, 7) is 0. The van der Waals surface area contributed by atoms with E-state index in [0.29, 0.717) is 17.0 Å². The molecule has 1 N–H and O–H groups in total. The van der Waals surface area contributed by atoms with Crippen LogP contribution in [0.1, 0.15) is 39.2 Å². The predicted octanol–water partition coefficient (Wildman–Crippen LogP) is 5.68. The fourth-order valence-corrected chi connectivity index (χ4v) is 5.85. The summed E-state index contributed by atoms with van der Waals surface area (Å²) in [7, 11) is 0. The maximum Gasteiger partial charge on any atom is 0.353 e. The molecular weight excluding hydrogens is 453 g/mol. The molecule has 4 aromatic rings. The molecule has 1 amide bonds. The molecule has 2 heterocycles. The van der Waals surface area contributed by atoms with Gasteiger partial charge in [0.2, 0.25) is 0 Å². The molecule has 1 aliphatic carbocycles. The van der Waals surface area contributed by atoms with E-state index in [0.717, 1.165) is 22.9 Å². The highest BCUT2D eigenvalue weighted by Crippen LogP contribution is 2.53. The Hall–Kier alpha value is -3.84. The topological polar surface area (TPSA) is 70.8 Å². The lowest BCUT2D eigenvalue weighted by molar-refractivity contribution is 0.0947. The van der Waals surface area contributed by atoms with Crippen LogP contribution in [-0.4, -0.2) is 11.0 Å².